The number of rotatable bonds is 6. The van der Waals surface area contributed by atoms with E-state index in [9.17, 15) is 5.11 Å². The predicted molar refractivity (Wildman–Crippen MR) is 95.5 cm³/mol. The highest BCUT2D eigenvalue weighted by Gasteiger charge is 2.12. The highest BCUT2D eigenvalue weighted by atomic mass is 32.1. The Morgan fingerprint density at radius 3 is 2.58 bits per heavy atom. The van der Waals surface area contributed by atoms with Crippen LogP contribution in [0.15, 0.2) is 48.5 Å². The molecule has 124 valence electrons. The van der Waals surface area contributed by atoms with Crippen LogP contribution < -0.4 is 9.47 Å². The maximum atomic E-state index is 9.20. The number of aliphatic hydroxyl groups is 1. The third kappa shape index (κ3) is 3.58. The molecular weight excluding hydrogens is 322 g/mol. The minimum atomic E-state index is -0.0228. The van der Waals surface area contributed by atoms with Gasteiger partial charge in [0.05, 0.1) is 24.3 Å². The molecule has 0 unspecified atom stereocenters. The molecule has 3 rings (SSSR count). The Morgan fingerprint density at radius 1 is 1.08 bits per heavy atom. The second-order valence-corrected chi connectivity index (χ2v) is 6.41. The van der Waals surface area contributed by atoms with E-state index in [-0.39, 0.29) is 6.61 Å². The van der Waals surface area contributed by atoms with Crippen molar-refractivity contribution in [3.05, 3.63) is 64.7 Å². The van der Waals surface area contributed by atoms with Gasteiger partial charge in [-0.1, -0.05) is 36.4 Å². The Hall–Kier alpha value is -2.37. The van der Waals surface area contributed by atoms with Crippen molar-refractivity contribution < 1.29 is 14.6 Å². The lowest BCUT2D eigenvalue weighted by molar-refractivity contribution is 0.275. The first-order valence-electron chi connectivity index (χ1n) is 7.63. The minimum absolute atomic E-state index is 0.0228. The molecule has 5 heteroatoms. The summed E-state index contributed by atoms with van der Waals surface area (Å²) < 4.78 is 11.2. The summed E-state index contributed by atoms with van der Waals surface area (Å²) in [6, 6.07) is 15.6. The number of aromatic nitrogens is 1. The Kier molecular flexibility index (Phi) is 5.13. The molecule has 0 amide bonds. The minimum Gasteiger partial charge on any atom is -0.493 e. The highest BCUT2D eigenvalue weighted by molar-refractivity contribution is 7.15. The van der Waals surface area contributed by atoms with Crippen LogP contribution in [0.1, 0.15) is 16.1 Å². The molecule has 0 aliphatic carbocycles. The van der Waals surface area contributed by atoms with Crippen molar-refractivity contribution in [1.82, 2.24) is 4.98 Å². The third-order valence-corrected chi connectivity index (χ3v) is 4.86. The molecule has 0 saturated carbocycles. The van der Waals surface area contributed by atoms with Crippen LogP contribution in [0.3, 0.4) is 0 Å². The van der Waals surface area contributed by atoms with Gasteiger partial charge in [0.25, 0.3) is 0 Å². The van der Waals surface area contributed by atoms with E-state index in [0.717, 1.165) is 26.7 Å². The van der Waals surface area contributed by atoms with Crippen LogP contribution in [0.5, 0.6) is 11.5 Å². The predicted octanol–water partition coefficient (Wildman–Crippen LogP) is 4.20. The molecule has 0 aliphatic rings. The molecule has 3 aromatic rings. The van der Waals surface area contributed by atoms with Gasteiger partial charge in [-0.3, -0.25) is 0 Å². The third-order valence-electron chi connectivity index (χ3n) is 3.68. The number of thiazole rings is 1. The average molecular weight is 341 g/mol. The zero-order valence-electron chi connectivity index (χ0n) is 13.7. The zero-order valence-corrected chi connectivity index (χ0v) is 14.5. The summed E-state index contributed by atoms with van der Waals surface area (Å²) in [5.74, 6) is 1.27. The molecule has 0 radical (unpaired) electrons. The molecule has 0 aliphatic heterocycles. The van der Waals surface area contributed by atoms with Crippen molar-refractivity contribution >= 4 is 11.3 Å². The summed E-state index contributed by atoms with van der Waals surface area (Å²) in [5.41, 5.74) is 2.88. The number of hydrogen-bond acceptors (Lipinski definition) is 5. The fourth-order valence-electron chi connectivity index (χ4n) is 2.34. The summed E-state index contributed by atoms with van der Waals surface area (Å²) >= 11 is 1.64. The van der Waals surface area contributed by atoms with Crippen LogP contribution in [0.4, 0.5) is 0 Å². The van der Waals surface area contributed by atoms with Crippen LogP contribution in [-0.4, -0.2) is 17.2 Å². The summed E-state index contributed by atoms with van der Waals surface area (Å²) in [6.45, 7) is 2.41. The summed E-state index contributed by atoms with van der Waals surface area (Å²) in [7, 11) is 1.59. The number of aryl methyl sites for hydroxylation is 1. The van der Waals surface area contributed by atoms with Crippen molar-refractivity contribution in [2.45, 2.75) is 20.1 Å². The normalized spacial score (nSPS) is 10.6. The standard InChI is InChI=1S/C19H19NO3S/c1-13-18(24-19(20-13)15-6-4-3-5-7-15)12-23-16-9-8-14(11-21)10-17(16)22-2/h3-10,21H,11-12H2,1-2H3. The number of nitrogens with zero attached hydrogens (tertiary/aromatic N) is 1. The maximum Gasteiger partial charge on any atom is 0.161 e. The monoisotopic (exact) mass is 341 g/mol. The van der Waals surface area contributed by atoms with E-state index in [1.165, 1.54) is 0 Å². The summed E-state index contributed by atoms with van der Waals surface area (Å²) in [4.78, 5) is 5.72. The van der Waals surface area contributed by atoms with E-state index in [0.29, 0.717) is 18.1 Å². The second-order valence-electron chi connectivity index (χ2n) is 5.33. The largest absolute Gasteiger partial charge is 0.493 e. The molecular formula is C19H19NO3S. The number of benzene rings is 2. The van der Waals surface area contributed by atoms with E-state index >= 15 is 0 Å². The van der Waals surface area contributed by atoms with E-state index in [2.05, 4.69) is 17.1 Å². The molecule has 0 spiro atoms. The van der Waals surface area contributed by atoms with Crippen LogP contribution in [0.25, 0.3) is 10.6 Å². The first-order valence-corrected chi connectivity index (χ1v) is 8.45. The number of ether oxygens (including phenoxy) is 2. The van der Waals surface area contributed by atoms with E-state index in [4.69, 9.17) is 9.47 Å². The number of methoxy groups -OCH3 is 1. The first kappa shape index (κ1) is 16.5. The van der Waals surface area contributed by atoms with Gasteiger partial charge in [0.1, 0.15) is 11.6 Å². The first-order chi connectivity index (χ1) is 11.7. The van der Waals surface area contributed by atoms with Crippen LogP contribution >= 0.6 is 11.3 Å². The fourth-order valence-corrected chi connectivity index (χ4v) is 3.32. The summed E-state index contributed by atoms with van der Waals surface area (Å²) in [6.07, 6.45) is 0. The van der Waals surface area contributed by atoms with Gasteiger partial charge in [0, 0.05) is 5.56 Å². The lowest BCUT2D eigenvalue weighted by Gasteiger charge is -2.11. The van der Waals surface area contributed by atoms with Gasteiger partial charge in [-0.05, 0) is 24.6 Å². The maximum absolute atomic E-state index is 9.20. The number of hydrogen-bond donors (Lipinski definition) is 1. The van der Waals surface area contributed by atoms with Crippen molar-refractivity contribution in [2.24, 2.45) is 0 Å². The Labute approximate surface area is 145 Å². The number of aliphatic hydroxyl groups excluding tert-OH is 1. The Bertz CT molecular complexity index is 815. The van der Waals surface area contributed by atoms with Crippen molar-refractivity contribution in [1.29, 1.82) is 0 Å². The molecule has 0 saturated heterocycles. The molecule has 24 heavy (non-hydrogen) atoms. The average Bonchev–Trinajstić information content (AvgIpc) is 3.01. The van der Waals surface area contributed by atoms with Gasteiger partial charge in [-0.25, -0.2) is 4.98 Å². The molecule has 0 fully saturated rings. The molecule has 4 nitrogen and oxygen atoms in total. The molecule has 1 heterocycles. The smallest absolute Gasteiger partial charge is 0.161 e. The van der Waals surface area contributed by atoms with Gasteiger partial charge >= 0.3 is 0 Å². The lowest BCUT2D eigenvalue weighted by atomic mass is 10.2. The molecule has 0 bridgehead atoms. The molecule has 1 aromatic heterocycles. The lowest BCUT2D eigenvalue weighted by Crippen LogP contribution is -1.98. The van der Waals surface area contributed by atoms with Gasteiger partial charge in [0.2, 0.25) is 0 Å². The van der Waals surface area contributed by atoms with E-state index < -0.39 is 0 Å². The molecule has 0 atom stereocenters. The van der Waals surface area contributed by atoms with Crippen LogP contribution in [0.2, 0.25) is 0 Å². The molecule has 2 aromatic carbocycles. The highest BCUT2D eigenvalue weighted by Crippen LogP contribution is 2.32. The fraction of sp³-hybridized carbons (Fsp3) is 0.211. The van der Waals surface area contributed by atoms with Crippen LogP contribution in [0, 0.1) is 6.92 Å². The Morgan fingerprint density at radius 2 is 1.88 bits per heavy atom. The Balaban J connectivity index is 1.77. The van der Waals surface area contributed by atoms with Crippen molar-refractivity contribution in [2.75, 3.05) is 7.11 Å². The summed E-state index contributed by atoms with van der Waals surface area (Å²) in [5, 5.41) is 10.2. The second kappa shape index (κ2) is 7.47. The SMILES string of the molecule is COc1cc(CO)ccc1OCc1sc(-c2ccccc2)nc1C. The van der Waals surface area contributed by atoms with E-state index in [1.54, 1.807) is 24.5 Å². The molecule has 1 N–H and O–H groups in total. The van der Waals surface area contributed by atoms with Crippen LogP contribution in [-0.2, 0) is 13.2 Å². The van der Waals surface area contributed by atoms with Gasteiger partial charge in [-0.2, -0.15) is 0 Å². The van der Waals surface area contributed by atoms with Crippen molar-refractivity contribution in [3.8, 4) is 22.1 Å². The zero-order chi connectivity index (χ0) is 16.9. The van der Waals surface area contributed by atoms with Gasteiger partial charge in [-0.15, -0.1) is 11.3 Å². The topological polar surface area (TPSA) is 51.6 Å². The van der Waals surface area contributed by atoms with Gasteiger partial charge < -0.3 is 14.6 Å². The van der Waals surface area contributed by atoms with E-state index in [1.807, 2.05) is 37.3 Å². The van der Waals surface area contributed by atoms with Gasteiger partial charge in [0.15, 0.2) is 11.5 Å². The quantitative estimate of drug-likeness (QED) is 0.730. The van der Waals surface area contributed by atoms with Crippen molar-refractivity contribution in [3.63, 3.8) is 0 Å².